The zero-order valence-electron chi connectivity index (χ0n) is 16.6. The normalized spacial score (nSPS) is 14.6. The lowest BCUT2D eigenvalue weighted by molar-refractivity contribution is -0.119. The van der Waals surface area contributed by atoms with Crippen molar-refractivity contribution in [1.82, 2.24) is 5.32 Å². The molecule has 0 bridgehead atoms. The van der Waals surface area contributed by atoms with Crippen molar-refractivity contribution in [3.63, 3.8) is 0 Å². The van der Waals surface area contributed by atoms with Crippen LogP contribution >= 0.6 is 0 Å². The topological polar surface area (TPSA) is 90.5 Å². The number of para-hydroxylation sites is 1. The highest BCUT2D eigenvalue weighted by molar-refractivity contribution is 6.00. The van der Waals surface area contributed by atoms with Crippen LogP contribution in [-0.2, 0) is 9.59 Å². The van der Waals surface area contributed by atoms with Gasteiger partial charge in [0.2, 0.25) is 11.8 Å². The summed E-state index contributed by atoms with van der Waals surface area (Å²) in [4.78, 5) is 38.8. The van der Waals surface area contributed by atoms with E-state index in [1.165, 1.54) is 0 Å². The summed E-state index contributed by atoms with van der Waals surface area (Å²) < 4.78 is 0. The lowest BCUT2D eigenvalue weighted by Gasteiger charge is -2.22. The maximum Gasteiger partial charge on any atom is 0.319 e. The summed E-state index contributed by atoms with van der Waals surface area (Å²) in [6.45, 7) is 4.42. The van der Waals surface area contributed by atoms with E-state index in [9.17, 15) is 14.4 Å². The highest BCUT2D eigenvalue weighted by atomic mass is 16.2. The minimum Gasteiger partial charge on any atom is -0.326 e. The predicted molar refractivity (Wildman–Crippen MR) is 114 cm³/mol. The number of hydrogen-bond acceptors (Lipinski definition) is 3. The average molecular weight is 394 g/mol. The highest BCUT2D eigenvalue weighted by Gasteiger charge is 2.25. The third-order valence-electron chi connectivity index (χ3n) is 4.77. The molecule has 1 atom stereocenters. The monoisotopic (exact) mass is 394 g/mol. The summed E-state index contributed by atoms with van der Waals surface area (Å²) in [6.07, 6.45) is 1.39. The molecule has 0 radical (unpaired) electrons. The summed E-state index contributed by atoms with van der Waals surface area (Å²) in [5.74, 6) is -0.333. The second kappa shape index (κ2) is 9.23. The van der Waals surface area contributed by atoms with Gasteiger partial charge in [0, 0.05) is 30.0 Å². The Hall–Kier alpha value is -3.35. The first-order valence-electron chi connectivity index (χ1n) is 9.78. The summed E-state index contributed by atoms with van der Waals surface area (Å²) >= 11 is 0. The van der Waals surface area contributed by atoms with Crippen molar-refractivity contribution >= 4 is 34.9 Å². The smallest absolute Gasteiger partial charge is 0.319 e. The van der Waals surface area contributed by atoms with E-state index in [1.54, 1.807) is 35.2 Å². The van der Waals surface area contributed by atoms with Gasteiger partial charge in [-0.25, -0.2) is 4.79 Å². The van der Waals surface area contributed by atoms with Crippen molar-refractivity contribution < 1.29 is 14.4 Å². The lowest BCUT2D eigenvalue weighted by atomic mass is 10.0. The molecule has 4 amide bonds. The molecular formula is C22H26N4O3. The number of carbonyl (C=O) groups excluding carboxylic acids is 3. The molecule has 1 saturated heterocycles. The molecule has 1 aliphatic heterocycles. The summed E-state index contributed by atoms with van der Waals surface area (Å²) in [5, 5.41) is 8.31. The highest BCUT2D eigenvalue weighted by Crippen LogP contribution is 2.24. The van der Waals surface area contributed by atoms with Crippen LogP contribution in [0.3, 0.4) is 0 Å². The van der Waals surface area contributed by atoms with E-state index in [0.717, 1.165) is 12.1 Å². The molecular weight excluding hydrogens is 368 g/mol. The van der Waals surface area contributed by atoms with Crippen LogP contribution < -0.4 is 20.9 Å². The predicted octanol–water partition coefficient (Wildman–Crippen LogP) is 3.60. The quantitative estimate of drug-likeness (QED) is 0.699. The van der Waals surface area contributed by atoms with Crippen LogP contribution in [0.4, 0.5) is 21.9 Å². The van der Waals surface area contributed by atoms with Crippen molar-refractivity contribution in [1.29, 1.82) is 0 Å². The molecule has 7 heteroatoms. The zero-order chi connectivity index (χ0) is 20.8. The van der Waals surface area contributed by atoms with E-state index in [-0.39, 0.29) is 17.7 Å². The first-order valence-corrected chi connectivity index (χ1v) is 9.78. The Labute approximate surface area is 170 Å². The van der Waals surface area contributed by atoms with Crippen molar-refractivity contribution in [2.45, 2.75) is 32.7 Å². The summed E-state index contributed by atoms with van der Waals surface area (Å²) in [5.41, 5.74) is 2.00. The number of urea groups is 1. The Morgan fingerprint density at radius 1 is 0.966 bits per heavy atom. The van der Waals surface area contributed by atoms with E-state index >= 15 is 0 Å². The van der Waals surface area contributed by atoms with Gasteiger partial charge >= 0.3 is 6.03 Å². The van der Waals surface area contributed by atoms with Gasteiger partial charge in [-0.1, -0.05) is 38.1 Å². The average Bonchev–Trinajstić information content (AvgIpc) is 3.13. The number of anilines is 3. The Morgan fingerprint density at radius 3 is 2.34 bits per heavy atom. The van der Waals surface area contributed by atoms with Crippen LogP contribution in [0.25, 0.3) is 0 Å². The lowest BCUT2D eigenvalue weighted by Crippen LogP contribution is -2.48. The van der Waals surface area contributed by atoms with Crippen molar-refractivity contribution in [2.24, 2.45) is 5.92 Å². The van der Waals surface area contributed by atoms with Crippen molar-refractivity contribution in [3.8, 4) is 0 Å². The standard InChI is InChI=1S/C22H26N4O3/c1-15(2)20(25-22(29)24-16-8-4-3-5-9-16)21(28)23-17-10-6-11-18(14-17)26-13-7-12-19(26)27/h3-6,8-11,14-15,20H,7,12-13H2,1-2H3,(H,23,28)(H2,24,25,29). The fourth-order valence-electron chi connectivity index (χ4n) is 3.26. The second-order valence-electron chi connectivity index (χ2n) is 7.37. The van der Waals surface area contributed by atoms with Crippen molar-refractivity contribution in [2.75, 3.05) is 22.1 Å². The maximum absolute atomic E-state index is 12.8. The molecule has 0 aliphatic carbocycles. The molecule has 0 aromatic heterocycles. The maximum atomic E-state index is 12.8. The Bertz CT molecular complexity index is 883. The molecule has 1 aliphatic rings. The molecule has 0 spiro atoms. The van der Waals surface area contributed by atoms with E-state index in [2.05, 4.69) is 16.0 Å². The first-order chi connectivity index (χ1) is 13.9. The second-order valence-corrected chi connectivity index (χ2v) is 7.37. The van der Waals surface area contributed by atoms with Gasteiger partial charge in [-0.05, 0) is 42.7 Å². The number of carbonyl (C=O) groups is 3. The minimum absolute atomic E-state index is 0.0905. The Kier molecular flexibility index (Phi) is 6.49. The molecule has 29 heavy (non-hydrogen) atoms. The van der Waals surface area contributed by atoms with E-state index < -0.39 is 12.1 Å². The number of rotatable bonds is 6. The number of nitrogens with one attached hydrogen (secondary N) is 3. The van der Waals surface area contributed by atoms with Crippen LogP contribution in [0, 0.1) is 5.92 Å². The molecule has 3 rings (SSSR count). The van der Waals surface area contributed by atoms with Gasteiger partial charge < -0.3 is 20.9 Å². The fraction of sp³-hybridized carbons (Fsp3) is 0.318. The number of nitrogens with zero attached hydrogens (tertiary/aromatic N) is 1. The van der Waals surface area contributed by atoms with E-state index in [1.807, 2.05) is 38.1 Å². The van der Waals surface area contributed by atoms with Gasteiger partial charge in [0.15, 0.2) is 0 Å². The SMILES string of the molecule is CC(C)C(NC(=O)Nc1ccccc1)C(=O)Nc1cccc(N2CCCC2=O)c1. The number of benzene rings is 2. The van der Waals surface area contributed by atoms with Crippen molar-refractivity contribution in [3.05, 3.63) is 54.6 Å². The van der Waals surface area contributed by atoms with Crippen LogP contribution in [0.1, 0.15) is 26.7 Å². The molecule has 3 N–H and O–H groups in total. The fourth-order valence-corrected chi connectivity index (χ4v) is 3.26. The molecule has 1 fully saturated rings. The van der Waals surface area contributed by atoms with Gasteiger partial charge in [0.1, 0.15) is 6.04 Å². The number of amides is 4. The van der Waals surface area contributed by atoms with Gasteiger partial charge in [-0.15, -0.1) is 0 Å². The number of hydrogen-bond donors (Lipinski definition) is 3. The molecule has 1 heterocycles. The molecule has 1 unspecified atom stereocenters. The van der Waals surface area contributed by atoms with Crippen LogP contribution in [0.15, 0.2) is 54.6 Å². The van der Waals surface area contributed by atoms with Gasteiger partial charge in [-0.2, -0.15) is 0 Å². The van der Waals surface area contributed by atoms with Crippen LogP contribution in [0.5, 0.6) is 0 Å². The zero-order valence-corrected chi connectivity index (χ0v) is 16.6. The third-order valence-corrected chi connectivity index (χ3v) is 4.77. The van der Waals surface area contributed by atoms with E-state index in [4.69, 9.17) is 0 Å². The largest absolute Gasteiger partial charge is 0.326 e. The van der Waals surface area contributed by atoms with Gasteiger partial charge in [0.25, 0.3) is 0 Å². The first kappa shape index (κ1) is 20.4. The van der Waals surface area contributed by atoms with Gasteiger partial charge in [0.05, 0.1) is 0 Å². The Balaban J connectivity index is 1.65. The Morgan fingerprint density at radius 2 is 1.69 bits per heavy atom. The molecule has 2 aromatic carbocycles. The van der Waals surface area contributed by atoms with Crippen LogP contribution in [0.2, 0.25) is 0 Å². The minimum atomic E-state index is -0.712. The molecule has 2 aromatic rings. The molecule has 152 valence electrons. The van der Waals surface area contributed by atoms with Crippen LogP contribution in [-0.4, -0.2) is 30.4 Å². The summed E-state index contributed by atoms with van der Waals surface area (Å²) in [7, 11) is 0. The van der Waals surface area contributed by atoms with Gasteiger partial charge in [-0.3, -0.25) is 9.59 Å². The third kappa shape index (κ3) is 5.34. The summed E-state index contributed by atoms with van der Waals surface area (Å²) in [6, 6.07) is 15.1. The molecule has 0 saturated carbocycles. The van der Waals surface area contributed by atoms with E-state index in [0.29, 0.717) is 24.3 Å². The molecule has 7 nitrogen and oxygen atoms in total.